The van der Waals surface area contributed by atoms with Crippen LogP contribution < -0.4 is 11.3 Å². The molecular weight excluding hydrogens is 243 g/mol. The summed E-state index contributed by atoms with van der Waals surface area (Å²) in [6, 6.07) is 5.96. The van der Waals surface area contributed by atoms with Crippen LogP contribution in [0.5, 0.6) is 0 Å². The number of halogens is 2. The summed E-state index contributed by atoms with van der Waals surface area (Å²) in [6.07, 6.45) is 4.72. The molecule has 1 fully saturated rings. The lowest BCUT2D eigenvalue weighted by Crippen LogP contribution is -2.44. The summed E-state index contributed by atoms with van der Waals surface area (Å²) in [5.41, 5.74) is 4.01. The average molecular weight is 259 g/mol. The Morgan fingerprint density at radius 2 is 2.12 bits per heavy atom. The van der Waals surface area contributed by atoms with E-state index in [9.17, 15) is 0 Å². The van der Waals surface area contributed by atoms with Crippen molar-refractivity contribution in [3.8, 4) is 0 Å². The molecule has 0 aliphatic heterocycles. The van der Waals surface area contributed by atoms with Crippen molar-refractivity contribution in [2.75, 3.05) is 0 Å². The van der Waals surface area contributed by atoms with E-state index in [1.807, 2.05) is 12.1 Å². The predicted octanol–water partition coefficient (Wildman–Crippen LogP) is 3.17. The minimum atomic E-state index is 0.326. The molecule has 0 bridgehead atoms. The molecule has 1 aliphatic rings. The molecule has 88 valence electrons. The molecular formula is C12H16Cl2N2. The van der Waals surface area contributed by atoms with E-state index < -0.39 is 0 Å². The standard InChI is InChI=1S/C12H16Cl2N2/c13-10-5-4-9(11(14)7-10)6-12(16-15)8-2-1-3-8/h4-5,7-8,12,16H,1-3,6,15H2. The van der Waals surface area contributed by atoms with E-state index in [4.69, 9.17) is 29.0 Å². The Morgan fingerprint density at radius 1 is 1.38 bits per heavy atom. The molecule has 1 atom stereocenters. The number of rotatable bonds is 4. The zero-order valence-corrected chi connectivity index (χ0v) is 10.6. The van der Waals surface area contributed by atoms with Gasteiger partial charge < -0.3 is 0 Å². The normalized spacial score (nSPS) is 18.2. The smallest absolute Gasteiger partial charge is 0.0453 e. The monoisotopic (exact) mass is 258 g/mol. The second-order valence-corrected chi connectivity index (χ2v) is 5.25. The summed E-state index contributed by atoms with van der Waals surface area (Å²) in [5, 5.41) is 1.40. The highest BCUT2D eigenvalue weighted by atomic mass is 35.5. The topological polar surface area (TPSA) is 38.0 Å². The quantitative estimate of drug-likeness (QED) is 0.643. The maximum absolute atomic E-state index is 6.14. The summed E-state index contributed by atoms with van der Waals surface area (Å²) < 4.78 is 0. The Bertz CT molecular complexity index is 364. The summed E-state index contributed by atoms with van der Waals surface area (Å²) >= 11 is 12.0. The van der Waals surface area contributed by atoms with E-state index in [0.29, 0.717) is 17.0 Å². The van der Waals surface area contributed by atoms with Crippen LogP contribution >= 0.6 is 23.2 Å². The van der Waals surface area contributed by atoms with Gasteiger partial charge in [0.2, 0.25) is 0 Å². The number of hydrazine groups is 1. The third-order valence-corrected chi connectivity index (χ3v) is 3.97. The van der Waals surface area contributed by atoms with Gasteiger partial charge in [0.1, 0.15) is 0 Å². The highest BCUT2D eigenvalue weighted by Crippen LogP contribution is 2.32. The van der Waals surface area contributed by atoms with Crippen molar-refractivity contribution in [1.82, 2.24) is 5.43 Å². The number of hydrogen-bond donors (Lipinski definition) is 2. The zero-order chi connectivity index (χ0) is 11.5. The highest BCUT2D eigenvalue weighted by Gasteiger charge is 2.26. The van der Waals surface area contributed by atoms with E-state index in [2.05, 4.69) is 5.43 Å². The summed E-state index contributed by atoms with van der Waals surface area (Å²) in [6.45, 7) is 0. The lowest BCUT2D eigenvalue weighted by atomic mass is 9.78. The van der Waals surface area contributed by atoms with E-state index >= 15 is 0 Å². The van der Waals surface area contributed by atoms with Crippen LogP contribution in [0.1, 0.15) is 24.8 Å². The Labute approximate surface area is 106 Å². The molecule has 4 heteroatoms. The van der Waals surface area contributed by atoms with Crippen molar-refractivity contribution >= 4 is 23.2 Å². The number of nitrogens with two attached hydrogens (primary N) is 1. The molecule has 1 aromatic carbocycles. The Balaban J connectivity index is 2.06. The van der Waals surface area contributed by atoms with Crippen LogP contribution in [0.3, 0.4) is 0 Å². The van der Waals surface area contributed by atoms with Crippen molar-refractivity contribution < 1.29 is 0 Å². The molecule has 0 spiro atoms. The highest BCUT2D eigenvalue weighted by molar-refractivity contribution is 6.35. The van der Waals surface area contributed by atoms with Gasteiger partial charge in [-0.2, -0.15) is 0 Å². The summed E-state index contributed by atoms with van der Waals surface area (Å²) in [5.74, 6) is 6.28. The van der Waals surface area contributed by atoms with E-state index in [-0.39, 0.29) is 0 Å². The lowest BCUT2D eigenvalue weighted by molar-refractivity contribution is 0.228. The SMILES string of the molecule is NNC(Cc1ccc(Cl)cc1Cl)C1CCC1. The Morgan fingerprint density at radius 3 is 2.62 bits per heavy atom. The molecule has 1 aliphatic carbocycles. The largest absolute Gasteiger partial charge is 0.271 e. The summed E-state index contributed by atoms with van der Waals surface area (Å²) in [7, 11) is 0. The fourth-order valence-corrected chi connectivity index (χ4v) is 2.61. The molecule has 16 heavy (non-hydrogen) atoms. The number of hydrogen-bond acceptors (Lipinski definition) is 2. The van der Waals surface area contributed by atoms with Crippen LogP contribution in [0.25, 0.3) is 0 Å². The van der Waals surface area contributed by atoms with Crippen molar-refractivity contribution in [3.63, 3.8) is 0 Å². The maximum Gasteiger partial charge on any atom is 0.0453 e. The van der Waals surface area contributed by atoms with Crippen LogP contribution in [0.15, 0.2) is 18.2 Å². The van der Waals surface area contributed by atoms with Gasteiger partial charge in [-0.1, -0.05) is 35.7 Å². The van der Waals surface area contributed by atoms with E-state index in [1.54, 1.807) is 6.07 Å². The Kier molecular flexibility index (Phi) is 4.09. The molecule has 1 unspecified atom stereocenters. The fraction of sp³-hybridized carbons (Fsp3) is 0.500. The second kappa shape index (κ2) is 5.37. The minimum Gasteiger partial charge on any atom is -0.271 e. The third kappa shape index (κ3) is 2.69. The molecule has 0 amide bonds. The molecule has 3 N–H and O–H groups in total. The molecule has 0 saturated heterocycles. The molecule has 1 saturated carbocycles. The van der Waals surface area contributed by atoms with Crippen LogP contribution in [-0.2, 0) is 6.42 Å². The molecule has 2 rings (SSSR count). The van der Waals surface area contributed by atoms with Gasteiger partial charge in [-0.25, -0.2) is 0 Å². The Hall–Kier alpha value is -0.280. The molecule has 0 aromatic heterocycles. The first kappa shape index (κ1) is 12.2. The van der Waals surface area contributed by atoms with Crippen LogP contribution in [-0.4, -0.2) is 6.04 Å². The van der Waals surface area contributed by atoms with Gasteiger partial charge in [-0.15, -0.1) is 0 Å². The summed E-state index contributed by atoms with van der Waals surface area (Å²) in [4.78, 5) is 0. The number of nitrogens with one attached hydrogen (secondary N) is 1. The van der Waals surface area contributed by atoms with Gasteiger partial charge in [0, 0.05) is 16.1 Å². The molecule has 2 nitrogen and oxygen atoms in total. The van der Waals surface area contributed by atoms with Gasteiger partial charge in [-0.3, -0.25) is 11.3 Å². The molecule has 0 heterocycles. The van der Waals surface area contributed by atoms with Gasteiger partial charge >= 0.3 is 0 Å². The van der Waals surface area contributed by atoms with Crippen LogP contribution in [0.4, 0.5) is 0 Å². The van der Waals surface area contributed by atoms with Crippen molar-refractivity contribution in [2.24, 2.45) is 11.8 Å². The van der Waals surface area contributed by atoms with Crippen molar-refractivity contribution in [3.05, 3.63) is 33.8 Å². The molecule has 1 aromatic rings. The number of benzene rings is 1. The lowest BCUT2D eigenvalue weighted by Gasteiger charge is -2.33. The van der Waals surface area contributed by atoms with Gasteiger partial charge in [-0.05, 0) is 42.9 Å². The van der Waals surface area contributed by atoms with E-state index in [1.165, 1.54) is 19.3 Å². The van der Waals surface area contributed by atoms with Crippen LogP contribution in [0.2, 0.25) is 10.0 Å². The van der Waals surface area contributed by atoms with Gasteiger partial charge in [0.15, 0.2) is 0 Å². The molecule has 0 radical (unpaired) electrons. The minimum absolute atomic E-state index is 0.326. The van der Waals surface area contributed by atoms with Gasteiger partial charge in [0.05, 0.1) is 0 Å². The first-order chi connectivity index (χ1) is 7.70. The fourth-order valence-electron chi connectivity index (χ4n) is 2.13. The van der Waals surface area contributed by atoms with Crippen molar-refractivity contribution in [2.45, 2.75) is 31.7 Å². The first-order valence-corrected chi connectivity index (χ1v) is 6.36. The third-order valence-electron chi connectivity index (χ3n) is 3.39. The van der Waals surface area contributed by atoms with Gasteiger partial charge in [0.25, 0.3) is 0 Å². The van der Waals surface area contributed by atoms with E-state index in [0.717, 1.165) is 17.0 Å². The first-order valence-electron chi connectivity index (χ1n) is 5.60. The second-order valence-electron chi connectivity index (χ2n) is 4.40. The zero-order valence-electron chi connectivity index (χ0n) is 9.05. The predicted molar refractivity (Wildman–Crippen MR) is 68.6 cm³/mol. The van der Waals surface area contributed by atoms with Crippen LogP contribution in [0, 0.1) is 5.92 Å². The van der Waals surface area contributed by atoms with Crippen molar-refractivity contribution in [1.29, 1.82) is 0 Å². The average Bonchev–Trinajstić information content (AvgIpc) is 2.18. The maximum atomic E-state index is 6.14.